The second-order valence-corrected chi connectivity index (χ2v) is 5.61. The van der Waals surface area contributed by atoms with Crippen LogP contribution in [0.2, 0.25) is 0 Å². The van der Waals surface area contributed by atoms with Gasteiger partial charge < -0.3 is 14.5 Å². The number of anilines is 1. The number of rotatable bonds is 7. The highest BCUT2D eigenvalue weighted by molar-refractivity contribution is 5.67. The molecular formula is C21H19N3O2. The van der Waals surface area contributed by atoms with Crippen molar-refractivity contribution in [2.24, 2.45) is 0 Å². The van der Waals surface area contributed by atoms with Crippen LogP contribution in [0, 0.1) is 11.3 Å². The molecule has 0 aliphatic rings. The van der Waals surface area contributed by atoms with Crippen molar-refractivity contribution in [3.63, 3.8) is 0 Å². The molecule has 0 saturated heterocycles. The molecule has 3 aromatic rings. The van der Waals surface area contributed by atoms with Gasteiger partial charge in [-0.3, -0.25) is 0 Å². The number of nitrogens with one attached hydrogen (secondary N) is 1. The molecule has 0 bridgehead atoms. The molecule has 0 amide bonds. The van der Waals surface area contributed by atoms with Gasteiger partial charge in [0.2, 0.25) is 17.5 Å². The minimum atomic E-state index is 0.257. The third-order valence-electron chi connectivity index (χ3n) is 3.83. The van der Waals surface area contributed by atoms with E-state index in [1.165, 1.54) is 5.56 Å². The lowest BCUT2D eigenvalue weighted by molar-refractivity contribution is 0.414. The molecule has 5 heteroatoms. The van der Waals surface area contributed by atoms with Crippen LogP contribution >= 0.6 is 0 Å². The second-order valence-electron chi connectivity index (χ2n) is 5.61. The first-order valence-corrected chi connectivity index (χ1v) is 8.29. The lowest BCUT2D eigenvalue weighted by Gasteiger charge is -2.04. The summed E-state index contributed by atoms with van der Waals surface area (Å²) in [5.41, 5.74) is 2.46. The fourth-order valence-electron chi connectivity index (χ4n) is 2.45. The third kappa shape index (κ3) is 4.52. The lowest BCUT2D eigenvalue weighted by atomic mass is 10.1. The van der Waals surface area contributed by atoms with Gasteiger partial charge in [-0.25, -0.2) is 0 Å². The molecule has 0 fully saturated rings. The molecule has 26 heavy (non-hydrogen) atoms. The first kappa shape index (κ1) is 17.3. The molecule has 2 aromatic carbocycles. The molecule has 1 heterocycles. The van der Waals surface area contributed by atoms with E-state index >= 15 is 0 Å². The summed E-state index contributed by atoms with van der Waals surface area (Å²) in [7, 11) is 1.65. The van der Waals surface area contributed by atoms with Gasteiger partial charge >= 0.3 is 0 Å². The Morgan fingerprint density at radius 2 is 1.88 bits per heavy atom. The Kier molecular flexibility index (Phi) is 5.69. The number of methoxy groups -OCH3 is 1. The fraction of sp³-hybridized carbons (Fsp3) is 0.143. The van der Waals surface area contributed by atoms with Crippen LogP contribution < -0.4 is 10.1 Å². The van der Waals surface area contributed by atoms with Gasteiger partial charge in [0.1, 0.15) is 11.8 Å². The maximum Gasteiger partial charge on any atom is 0.232 e. The molecule has 0 aliphatic carbocycles. The van der Waals surface area contributed by atoms with Crippen molar-refractivity contribution in [1.82, 2.24) is 4.98 Å². The Labute approximate surface area is 152 Å². The van der Waals surface area contributed by atoms with Crippen molar-refractivity contribution >= 4 is 18.0 Å². The van der Waals surface area contributed by atoms with E-state index in [-0.39, 0.29) is 5.69 Å². The number of ether oxygens (including phenoxy) is 1. The van der Waals surface area contributed by atoms with E-state index in [1.807, 2.05) is 60.7 Å². The average Bonchev–Trinajstić information content (AvgIpc) is 3.10. The number of oxazole rings is 1. The highest BCUT2D eigenvalue weighted by atomic mass is 16.5. The maximum atomic E-state index is 9.24. The lowest BCUT2D eigenvalue weighted by Crippen LogP contribution is -2.05. The zero-order valence-electron chi connectivity index (χ0n) is 14.5. The molecule has 0 unspecified atom stereocenters. The minimum Gasteiger partial charge on any atom is -0.497 e. The zero-order chi connectivity index (χ0) is 18.2. The molecule has 3 rings (SSSR count). The van der Waals surface area contributed by atoms with Crippen LogP contribution in [-0.4, -0.2) is 18.6 Å². The van der Waals surface area contributed by atoms with Gasteiger partial charge in [-0.15, -0.1) is 0 Å². The molecular weight excluding hydrogens is 326 g/mol. The van der Waals surface area contributed by atoms with Gasteiger partial charge in [0.25, 0.3) is 0 Å². The van der Waals surface area contributed by atoms with Crippen LogP contribution in [0.25, 0.3) is 12.2 Å². The molecule has 130 valence electrons. The summed E-state index contributed by atoms with van der Waals surface area (Å²) in [5, 5.41) is 12.4. The Hall–Kier alpha value is -3.52. The topological polar surface area (TPSA) is 71.1 Å². The predicted molar refractivity (Wildman–Crippen MR) is 102 cm³/mol. The van der Waals surface area contributed by atoms with Crippen LogP contribution in [0.1, 0.15) is 22.7 Å². The van der Waals surface area contributed by atoms with Gasteiger partial charge in [-0.1, -0.05) is 42.5 Å². The molecule has 0 aliphatic heterocycles. The second kappa shape index (κ2) is 8.54. The summed E-state index contributed by atoms with van der Waals surface area (Å²) in [4.78, 5) is 4.20. The van der Waals surface area contributed by atoms with Gasteiger partial charge in [-0.05, 0) is 35.8 Å². The van der Waals surface area contributed by atoms with Crippen LogP contribution in [0.3, 0.4) is 0 Å². The highest BCUT2D eigenvalue weighted by Crippen LogP contribution is 2.19. The van der Waals surface area contributed by atoms with Gasteiger partial charge in [0.15, 0.2) is 0 Å². The quantitative estimate of drug-likeness (QED) is 0.688. The monoisotopic (exact) mass is 345 g/mol. The third-order valence-corrected chi connectivity index (χ3v) is 3.83. The van der Waals surface area contributed by atoms with Crippen molar-refractivity contribution in [3.05, 3.63) is 77.3 Å². The first-order chi connectivity index (χ1) is 12.8. The molecule has 0 atom stereocenters. The van der Waals surface area contributed by atoms with Crippen molar-refractivity contribution in [2.75, 3.05) is 19.0 Å². The number of aromatic nitrogens is 1. The number of nitriles is 1. The Morgan fingerprint density at radius 1 is 1.12 bits per heavy atom. The van der Waals surface area contributed by atoms with Crippen molar-refractivity contribution in [3.8, 4) is 11.8 Å². The van der Waals surface area contributed by atoms with Gasteiger partial charge in [-0.2, -0.15) is 10.2 Å². The van der Waals surface area contributed by atoms with Crippen LogP contribution in [-0.2, 0) is 6.42 Å². The van der Waals surface area contributed by atoms with Crippen molar-refractivity contribution in [1.29, 1.82) is 5.26 Å². The summed E-state index contributed by atoms with van der Waals surface area (Å²) in [6, 6.07) is 19.8. The summed E-state index contributed by atoms with van der Waals surface area (Å²) < 4.78 is 10.8. The van der Waals surface area contributed by atoms with Gasteiger partial charge in [0, 0.05) is 12.6 Å². The summed E-state index contributed by atoms with van der Waals surface area (Å²) in [5.74, 6) is 1.63. The fourth-order valence-corrected chi connectivity index (χ4v) is 2.45. The van der Waals surface area contributed by atoms with Crippen LogP contribution in [0.15, 0.2) is 59.0 Å². The van der Waals surface area contributed by atoms with E-state index in [2.05, 4.69) is 16.4 Å². The van der Waals surface area contributed by atoms with E-state index in [0.717, 1.165) is 17.7 Å². The largest absolute Gasteiger partial charge is 0.497 e. The highest BCUT2D eigenvalue weighted by Gasteiger charge is 2.10. The standard InChI is InChI=1S/C21H19N3O2/c1-25-18-10-7-17(8-11-18)13-14-23-21-19(15-22)24-20(26-21)12-9-16-5-3-2-4-6-16/h2-12,23H,13-14H2,1H3. The zero-order valence-corrected chi connectivity index (χ0v) is 14.5. The number of nitrogens with zero attached hydrogens (tertiary/aromatic N) is 2. The molecule has 0 saturated carbocycles. The number of hydrogen-bond donors (Lipinski definition) is 1. The minimum absolute atomic E-state index is 0.257. The first-order valence-electron chi connectivity index (χ1n) is 8.29. The molecule has 0 spiro atoms. The Balaban J connectivity index is 1.61. The molecule has 5 nitrogen and oxygen atoms in total. The molecule has 0 radical (unpaired) electrons. The number of benzene rings is 2. The smallest absolute Gasteiger partial charge is 0.232 e. The predicted octanol–water partition coefficient (Wildman–Crippen LogP) is 4.38. The van der Waals surface area contributed by atoms with Crippen molar-refractivity contribution < 1.29 is 9.15 Å². The summed E-state index contributed by atoms with van der Waals surface area (Å²) >= 11 is 0. The SMILES string of the molecule is COc1ccc(CCNc2oc(C=Cc3ccccc3)nc2C#N)cc1. The van der Waals surface area contributed by atoms with E-state index in [1.54, 1.807) is 13.2 Å². The van der Waals surface area contributed by atoms with E-state index in [0.29, 0.717) is 18.3 Å². The van der Waals surface area contributed by atoms with E-state index in [4.69, 9.17) is 9.15 Å². The average molecular weight is 345 g/mol. The normalized spacial score (nSPS) is 10.6. The summed E-state index contributed by atoms with van der Waals surface area (Å²) in [6.45, 7) is 0.637. The number of hydrogen-bond acceptors (Lipinski definition) is 5. The maximum absolute atomic E-state index is 9.24. The Bertz CT molecular complexity index is 907. The van der Waals surface area contributed by atoms with Gasteiger partial charge in [0.05, 0.1) is 7.11 Å². The van der Waals surface area contributed by atoms with E-state index in [9.17, 15) is 5.26 Å². The summed E-state index contributed by atoms with van der Waals surface area (Å²) in [6.07, 6.45) is 4.45. The van der Waals surface area contributed by atoms with Crippen LogP contribution in [0.5, 0.6) is 5.75 Å². The van der Waals surface area contributed by atoms with E-state index < -0.39 is 0 Å². The van der Waals surface area contributed by atoms with Crippen molar-refractivity contribution in [2.45, 2.75) is 6.42 Å². The Morgan fingerprint density at radius 3 is 2.58 bits per heavy atom. The van der Waals surface area contributed by atoms with Crippen LogP contribution in [0.4, 0.5) is 5.88 Å². The molecule has 1 aromatic heterocycles. The molecule has 1 N–H and O–H groups in total.